The summed E-state index contributed by atoms with van der Waals surface area (Å²) in [5.41, 5.74) is 5.91. The highest BCUT2D eigenvalue weighted by molar-refractivity contribution is 6.31. The summed E-state index contributed by atoms with van der Waals surface area (Å²) in [5, 5.41) is 7.93. The number of rotatable bonds is 4. The summed E-state index contributed by atoms with van der Waals surface area (Å²) in [5.74, 6) is 0.846. The molecule has 5 rings (SSSR count). The van der Waals surface area contributed by atoms with Crippen LogP contribution >= 0.6 is 11.6 Å². The molecule has 1 atom stereocenters. The molecule has 0 aliphatic carbocycles. The number of aromatic nitrogens is 2. The second-order valence-electron chi connectivity index (χ2n) is 8.35. The Hall–Kier alpha value is -3.90. The lowest BCUT2D eigenvalue weighted by Gasteiger charge is -2.35. The lowest BCUT2D eigenvalue weighted by atomic mass is 9.94. The van der Waals surface area contributed by atoms with E-state index < -0.39 is 6.04 Å². The van der Waals surface area contributed by atoms with Gasteiger partial charge in [-0.15, -0.1) is 0 Å². The van der Waals surface area contributed by atoms with Crippen LogP contribution < -0.4 is 10.2 Å². The lowest BCUT2D eigenvalue weighted by Crippen LogP contribution is -2.46. The Labute approximate surface area is 202 Å². The van der Waals surface area contributed by atoms with Crippen molar-refractivity contribution >= 4 is 28.9 Å². The maximum absolute atomic E-state index is 13.3. The van der Waals surface area contributed by atoms with Gasteiger partial charge in [-0.05, 0) is 50.1 Å². The predicted octanol–water partition coefficient (Wildman–Crippen LogP) is 6.71. The monoisotopic (exact) mass is 470 g/mol. The van der Waals surface area contributed by atoms with E-state index >= 15 is 0 Å². The molecule has 1 aliphatic heterocycles. The topological polar surface area (TPSA) is 71.3 Å². The van der Waals surface area contributed by atoms with Crippen LogP contribution in [0.2, 0.25) is 5.02 Å². The first-order valence-corrected chi connectivity index (χ1v) is 11.3. The molecule has 170 valence electrons. The Morgan fingerprint density at radius 2 is 1.76 bits per heavy atom. The van der Waals surface area contributed by atoms with Crippen molar-refractivity contribution in [3.05, 3.63) is 106 Å². The van der Waals surface area contributed by atoms with E-state index in [4.69, 9.17) is 21.1 Å². The smallest absolute Gasteiger partial charge is 0.326 e. The van der Waals surface area contributed by atoms with Gasteiger partial charge >= 0.3 is 6.03 Å². The van der Waals surface area contributed by atoms with Gasteiger partial charge in [0.15, 0.2) is 0 Å². The molecule has 3 aromatic carbocycles. The van der Waals surface area contributed by atoms with E-state index in [0.29, 0.717) is 28.1 Å². The average molecular weight is 471 g/mol. The lowest BCUT2D eigenvalue weighted by molar-refractivity contribution is 0.244. The number of carbonyl (C=O) groups is 1. The summed E-state index contributed by atoms with van der Waals surface area (Å²) in [6, 6.07) is 22.5. The van der Waals surface area contributed by atoms with Crippen LogP contribution in [0.5, 0.6) is 0 Å². The second kappa shape index (κ2) is 8.80. The van der Waals surface area contributed by atoms with Crippen LogP contribution in [0.15, 0.2) is 83.0 Å². The number of hydrogen-bond donors (Lipinski definition) is 1. The van der Waals surface area contributed by atoms with Gasteiger partial charge in [-0.1, -0.05) is 76.9 Å². The molecule has 6 nitrogen and oxygen atoms in total. The number of halogens is 1. The van der Waals surface area contributed by atoms with Crippen LogP contribution in [0.4, 0.5) is 10.5 Å². The third kappa shape index (κ3) is 3.97. The quantitative estimate of drug-likeness (QED) is 0.360. The van der Waals surface area contributed by atoms with E-state index in [1.165, 1.54) is 0 Å². The first-order valence-electron chi connectivity index (χ1n) is 11.0. The molecule has 1 aliphatic rings. The highest BCUT2D eigenvalue weighted by Crippen LogP contribution is 2.39. The van der Waals surface area contributed by atoms with Gasteiger partial charge in [-0.3, -0.25) is 4.90 Å². The fourth-order valence-electron chi connectivity index (χ4n) is 4.18. The number of anilines is 1. The van der Waals surface area contributed by atoms with Crippen molar-refractivity contribution in [2.45, 2.75) is 26.8 Å². The van der Waals surface area contributed by atoms with Crippen LogP contribution in [0.1, 0.15) is 35.5 Å². The van der Waals surface area contributed by atoms with Crippen molar-refractivity contribution < 1.29 is 9.32 Å². The number of amides is 2. The van der Waals surface area contributed by atoms with Crippen molar-refractivity contribution in [2.75, 3.05) is 4.90 Å². The van der Waals surface area contributed by atoms with E-state index in [0.717, 1.165) is 27.8 Å². The highest BCUT2D eigenvalue weighted by Gasteiger charge is 2.36. The Kier molecular flexibility index (Phi) is 5.67. The normalized spacial score (nSPS) is 16.1. The third-order valence-electron chi connectivity index (χ3n) is 5.96. The van der Waals surface area contributed by atoms with Crippen molar-refractivity contribution in [3.63, 3.8) is 0 Å². The van der Waals surface area contributed by atoms with Gasteiger partial charge in [0.1, 0.15) is 0 Å². The maximum Gasteiger partial charge on any atom is 0.326 e. The van der Waals surface area contributed by atoms with Crippen molar-refractivity contribution in [1.29, 1.82) is 0 Å². The Balaban J connectivity index is 1.66. The molecule has 0 saturated carbocycles. The first-order chi connectivity index (χ1) is 16.4. The molecule has 2 amide bonds. The molecular formula is C27H23ClN4O2. The minimum Gasteiger partial charge on any atom is -0.334 e. The molecule has 0 saturated heterocycles. The molecule has 1 unspecified atom stereocenters. The number of benzene rings is 3. The summed E-state index contributed by atoms with van der Waals surface area (Å²) in [6.07, 6.45) is 0. The third-order valence-corrected chi connectivity index (χ3v) is 6.37. The van der Waals surface area contributed by atoms with E-state index in [9.17, 15) is 4.79 Å². The van der Waals surface area contributed by atoms with Crippen LogP contribution in [-0.2, 0) is 0 Å². The Morgan fingerprint density at radius 1 is 0.971 bits per heavy atom. The number of aryl methyl sites for hydroxylation is 2. The van der Waals surface area contributed by atoms with Gasteiger partial charge in [0, 0.05) is 16.3 Å². The largest absolute Gasteiger partial charge is 0.334 e. The minimum atomic E-state index is -0.448. The fraction of sp³-hybridized carbons (Fsp3) is 0.148. The standard InChI is InChI=1S/C27H23ClN4O2/c1-16-8-7-11-20(14-16)25-30-26(34-31-25)23-18(3)32(21-13-12-17(2)22(28)15-21)27(33)29-24(23)19-9-5-4-6-10-19/h4-15,24H,1-3H3,(H,29,33). The van der Waals surface area contributed by atoms with Crippen LogP contribution in [0.25, 0.3) is 17.0 Å². The molecule has 1 N–H and O–H groups in total. The molecule has 2 heterocycles. The first kappa shape index (κ1) is 21.9. The zero-order chi connectivity index (χ0) is 23.8. The van der Waals surface area contributed by atoms with E-state index in [1.807, 2.05) is 87.5 Å². The number of hydrogen-bond acceptors (Lipinski definition) is 4. The zero-order valence-electron chi connectivity index (χ0n) is 19.0. The molecular weight excluding hydrogens is 448 g/mol. The summed E-state index contributed by atoms with van der Waals surface area (Å²) < 4.78 is 5.76. The van der Waals surface area contributed by atoms with Crippen LogP contribution in [-0.4, -0.2) is 16.2 Å². The molecule has 0 fully saturated rings. The number of nitrogens with one attached hydrogen (secondary N) is 1. The van der Waals surface area contributed by atoms with Gasteiger partial charge < -0.3 is 9.84 Å². The van der Waals surface area contributed by atoms with Gasteiger partial charge in [0.2, 0.25) is 5.82 Å². The molecule has 34 heavy (non-hydrogen) atoms. The molecule has 1 aromatic heterocycles. The predicted molar refractivity (Wildman–Crippen MR) is 133 cm³/mol. The minimum absolute atomic E-state index is 0.256. The molecule has 0 spiro atoms. The van der Waals surface area contributed by atoms with E-state index in [2.05, 4.69) is 10.5 Å². The SMILES string of the molecule is CC1=C(c2nc(-c3cccc(C)c3)no2)C(c2ccccc2)NC(=O)N1c1ccc(C)c(Cl)c1. The molecule has 0 bridgehead atoms. The maximum atomic E-state index is 13.3. The fourth-order valence-corrected chi connectivity index (χ4v) is 4.36. The molecule has 7 heteroatoms. The Bertz CT molecular complexity index is 1410. The average Bonchev–Trinajstić information content (AvgIpc) is 3.31. The van der Waals surface area contributed by atoms with Gasteiger partial charge in [0.25, 0.3) is 5.89 Å². The number of allylic oxidation sites excluding steroid dienone is 1. The van der Waals surface area contributed by atoms with Gasteiger partial charge in [-0.2, -0.15) is 4.98 Å². The van der Waals surface area contributed by atoms with Crippen molar-refractivity contribution in [1.82, 2.24) is 15.5 Å². The summed E-state index contributed by atoms with van der Waals surface area (Å²) in [4.78, 5) is 19.6. The van der Waals surface area contributed by atoms with Crippen molar-refractivity contribution in [3.8, 4) is 11.4 Å². The highest BCUT2D eigenvalue weighted by atomic mass is 35.5. The van der Waals surface area contributed by atoms with E-state index in [-0.39, 0.29) is 6.03 Å². The second-order valence-corrected chi connectivity index (χ2v) is 8.76. The van der Waals surface area contributed by atoms with Gasteiger partial charge in [-0.25, -0.2) is 4.79 Å². The molecule has 4 aromatic rings. The summed E-state index contributed by atoms with van der Waals surface area (Å²) >= 11 is 6.38. The van der Waals surface area contributed by atoms with Crippen LogP contribution in [0.3, 0.4) is 0 Å². The summed E-state index contributed by atoms with van der Waals surface area (Å²) in [6.45, 7) is 5.82. The summed E-state index contributed by atoms with van der Waals surface area (Å²) in [7, 11) is 0. The number of nitrogens with zero attached hydrogens (tertiary/aromatic N) is 3. The van der Waals surface area contributed by atoms with Crippen molar-refractivity contribution in [2.24, 2.45) is 0 Å². The van der Waals surface area contributed by atoms with Crippen LogP contribution in [0, 0.1) is 13.8 Å². The van der Waals surface area contributed by atoms with E-state index in [1.54, 1.807) is 11.0 Å². The molecule has 0 radical (unpaired) electrons. The Morgan fingerprint density at radius 3 is 2.50 bits per heavy atom. The zero-order valence-corrected chi connectivity index (χ0v) is 19.8. The number of urea groups is 1. The van der Waals surface area contributed by atoms with Gasteiger partial charge in [0.05, 0.1) is 17.3 Å². The number of carbonyl (C=O) groups excluding carboxylic acids is 1.